The van der Waals surface area contributed by atoms with E-state index in [9.17, 15) is 4.79 Å². The first-order valence-corrected chi connectivity index (χ1v) is 6.83. The van der Waals surface area contributed by atoms with Crippen LogP contribution >= 0.6 is 0 Å². The molecule has 0 aromatic heterocycles. The van der Waals surface area contributed by atoms with Crippen molar-refractivity contribution in [2.75, 3.05) is 26.2 Å². The molecule has 2 saturated carbocycles. The van der Waals surface area contributed by atoms with Crippen molar-refractivity contribution in [2.24, 2.45) is 17.8 Å². The second kappa shape index (κ2) is 4.36. The Labute approximate surface area is 97.6 Å². The molecule has 3 heteroatoms. The average Bonchev–Trinajstić information content (AvgIpc) is 2.72. The van der Waals surface area contributed by atoms with Crippen molar-refractivity contribution in [3.05, 3.63) is 0 Å². The molecule has 3 nitrogen and oxygen atoms in total. The van der Waals surface area contributed by atoms with E-state index in [0.717, 1.165) is 24.9 Å². The summed E-state index contributed by atoms with van der Waals surface area (Å²) in [6.45, 7) is 4.35. The first-order valence-electron chi connectivity index (χ1n) is 6.83. The highest BCUT2D eigenvalue weighted by atomic mass is 16.1. The van der Waals surface area contributed by atoms with E-state index >= 15 is 0 Å². The van der Waals surface area contributed by atoms with Gasteiger partial charge in [0.15, 0.2) is 0 Å². The molecule has 1 aliphatic heterocycles. The minimum atomic E-state index is 0.325. The van der Waals surface area contributed by atoms with E-state index in [1.807, 2.05) is 0 Å². The Morgan fingerprint density at radius 2 is 1.81 bits per heavy atom. The Hall–Kier alpha value is -0.570. The number of carbonyl (C=O) groups excluding carboxylic acids is 1. The van der Waals surface area contributed by atoms with Gasteiger partial charge >= 0.3 is 0 Å². The summed E-state index contributed by atoms with van der Waals surface area (Å²) >= 11 is 0. The van der Waals surface area contributed by atoms with Crippen LogP contribution < -0.4 is 5.32 Å². The lowest BCUT2D eigenvalue weighted by Gasteiger charge is -2.16. The zero-order valence-corrected chi connectivity index (χ0v) is 9.95. The molecule has 90 valence electrons. The maximum Gasteiger partial charge on any atom is 0.223 e. The SMILES string of the molecule is O=C(NCCN1CCCC1)C1CC2CC2C1. The fraction of sp³-hybridized carbons (Fsp3) is 0.923. The molecule has 1 amide bonds. The number of nitrogens with zero attached hydrogens (tertiary/aromatic N) is 1. The number of carbonyl (C=O) groups is 1. The monoisotopic (exact) mass is 222 g/mol. The van der Waals surface area contributed by atoms with Gasteiger partial charge in [0.2, 0.25) is 5.91 Å². The van der Waals surface area contributed by atoms with Gasteiger partial charge in [0.1, 0.15) is 0 Å². The first kappa shape index (κ1) is 10.6. The molecule has 1 heterocycles. The fourth-order valence-corrected chi connectivity index (χ4v) is 3.42. The summed E-state index contributed by atoms with van der Waals surface area (Å²) in [5.41, 5.74) is 0. The first-order chi connectivity index (χ1) is 7.83. The van der Waals surface area contributed by atoms with Crippen molar-refractivity contribution in [1.29, 1.82) is 0 Å². The van der Waals surface area contributed by atoms with Gasteiger partial charge in [-0.2, -0.15) is 0 Å². The van der Waals surface area contributed by atoms with E-state index < -0.39 is 0 Å². The molecule has 2 aliphatic carbocycles. The number of fused-ring (bicyclic) bond motifs is 1. The third-order valence-corrected chi connectivity index (χ3v) is 4.54. The highest BCUT2D eigenvalue weighted by molar-refractivity contribution is 5.79. The Morgan fingerprint density at radius 1 is 1.12 bits per heavy atom. The number of hydrogen-bond donors (Lipinski definition) is 1. The van der Waals surface area contributed by atoms with E-state index in [0.29, 0.717) is 11.8 Å². The molecule has 3 aliphatic rings. The van der Waals surface area contributed by atoms with E-state index in [-0.39, 0.29) is 0 Å². The van der Waals surface area contributed by atoms with Crippen molar-refractivity contribution in [1.82, 2.24) is 10.2 Å². The van der Waals surface area contributed by atoms with Crippen molar-refractivity contribution in [3.8, 4) is 0 Å². The van der Waals surface area contributed by atoms with Gasteiger partial charge in [-0.15, -0.1) is 0 Å². The Balaban J connectivity index is 1.33. The number of amides is 1. The van der Waals surface area contributed by atoms with Crippen LogP contribution in [0.25, 0.3) is 0 Å². The van der Waals surface area contributed by atoms with Gasteiger partial charge in [0.25, 0.3) is 0 Å². The maximum atomic E-state index is 11.9. The van der Waals surface area contributed by atoms with E-state index in [1.54, 1.807) is 0 Å². The number of nitrogens with one attached hydrogen (secondary N) is 1. The summed E-state index contributed by atoms with van der Waals surface area (Å²) in [4.78, 5) is 14.3. The lowest BCUT2D eigenvalue weighted by Crippen LogP contribution is -2.36. The molecule has 0 bridgehead atoms. The van der Waals surface area contributed by atoms with Gasteiger partial charge in [0.05, 0.1) is 0 Å². The summed E-state index contributed by atoms with van der Waals surface area (Å²) in [5, 5.41) is 3.11. The van der Waals surface area contributed by atoms with Crippen LogP contribution in [0.3, 0.4) is 0 Å². The molecule has 3 fully saturated rings. The predicted molar refractivity (Wildman–Crippen MR) is 63.0 cm³/mol. The van der Waals surface area contributed by atoms with Crippen molar-refractivity contribution >= 4 is 5.91 Å². The standard InChI is InChI=1S/C13H22N2O/c16-13(12-8-10-7-11(10)9-12)14-3-6-15-4-1-2-5-15/h10-12H,1-9H2,(H,14,16). The zero-order chi connectivity index (χ0) is 11.0. The Bertz CT molecular complexity index is 263. The summed E-state index contributed by atoms with van der Waals surface area (Å²) in [6, 6.07) is 0. The van der Waals surface area contributed by atoms with Crippen LogP contribution in [0, 0.1) is 17.8 Å². The molecule has 3 rings (SSSR count). The fourth-order valence-electron chi connectivity index (χ4n) is 3.42. The number of rotatable bonds is 4. The maximum absolute atomic E-state index is 11.9. The molecule has 0 spiro atoms. The molecular formula is C13H22N2O. The third-order valence-electron chi connectivity index (χ3n) is 4.54. The van der Waals surface area contributed by atoms with Gasteiger partial charge in [-0.05, 0) is 57.0 Å². The third kappa shape index (κ3) is 2.24. The van der Waals surface area contributed by atoms with Crippen LogP contribution in [-0.4, -0.2) is 37.0 Å². The minimum absolute atomic E-state index is 0.325. The topological polar surface area (TPSA) is 32.3 Å². The lowest BCUT2D eigenvalue weighted by atomic mass is 10.0. The summed E-state index contributed by atoms with van der Waals surface area (Å²) in [7, 11) is 0. The quantitative estimate of drug-likeness (QED) is 0.776. The molecule has 1 N–H and O–H groups in total. The second-order valence-electron chi connectivity index (χ2n) is 5.76. The largest absolute Gasteiger partial charge is 0.355 e. The van der Waals surface area contributed by atoms with Crippen LogP contribution in [0.15, 0.2) is 0 Å². The van der Waals surface area contributed by atoms with Crippen molar-refractivity contribution in [3.63, 3.8) is 0 Å². The summed E-state index contributed by atoms with van der Waals surface area (Å²) < 4.78 is 0. The zero-order valence-electron chi connectivity index (χ0n) is 9.95. The van der Waals surface area contributed by atoms with E-state index in [2.05, 4.69) is 10.2 Å². The average molecular weight is 222 g/mol. The molecular weight excluding hydrogens is 200 g/mol. The van der Waals surface area contributed by atoms with Gasteiger partial charge in [-0.1, -0.05) is 0 Å². The highest BCUT2D eigenvalue weighted by Gasteiger charge is 2.47. The predicted octanol–water partition coefficient (Wildman–Crippen LogP) is 1.24. The molecule has 1 saturated heterocycles. The molecule has 0 radical (unpaired) electrons. The van der Waals surface area contributed by atoms with Gasteiger partial charge in [0, 0.05) is 19.0 Å². The van der Waals surface area contributed by atoms with Gasteiger partial charge < -0.3 is 10.2 Å². The van der Waals surface area contributed by atoms with Crippen LogP contribution in [-0.2, 0) is 4.79 Å². The van der Waals surface area contributed by atoms with Crippen molar-refractivity contribution < 1.29 is 4.79 Å². The molecule has 2 unspecified atom stereocenters. The molecule has 0 aromatic rings. The van der Waals surface area contributed by atoms with Crippen LogP contribution in [0.4, 0.5) is 0 Å². The highest BCUT2D eigenvalue weighted by Crippen LogP contribution is 2.54. The van der Waals surface area contributed by atoms with Gasteiger partial charge in [-0.3, -0.25) is 4.79 Å². The molecule has 2 atom stereocenters. The number of likely N-dealkylation sites (tertiary alicyclic amines) is 1. The van der Waals surface area contributed by atoms with Gasteiger partial charge in [-0.25, -0.2) is 0 Å². The lowest BCUT2D eigenvalue weighted by molar-refractivity contribution is -0.125. The van der Waals surface area contributed by atoms with Crippen molar-refractivity contribution in [2.45, 2.75) is 32.1 Å². The van der Waals surface area contributed by atoms with Crippen LogP contribution in [0.1, 0.15) is 32.1 Å². The van der Waals surface area contributed by atoms with Crippen LogP contribution in [0.5, 0.6) is 0 Å². The number of hydrogen-bond acceptors (Lipinski definition) is 2. The second-order valence-corrected chi connectivity index (χ2v) is 5.76. The Morgan fingerprint density at radius 3 is 2.50 bits per heavy atom. The van der Waals surface area contributed by atoms with E-state index in [1.165, 1.54) is 45.2 Å². The van der Waals surface area contributed by atoms with Crippen LogP contribution in [0.2, 0.25) is 0 Å². The molecule has 0 aromatic carbocycles. The molecule has 16 heavy (non-hydrogen) atoms. The summed E-state index contributed by atoms with van der Waals surface area (Å²) in [6.07, 6.45) is 6.40. The summed E-state index contributed by atoms with van der Waals surface area (Å²) in [5.74, 6) is 2.50. The minimum Gasteiger partial charge on any atom is -0.355 e. The normalized spacial score (nSPS) is 37.4. The smallest absolute Gasteiger partial charge is 0.223 e. The Kier molecular flexibility index (Phi) is 2.88. The van der Waals surface area contributed by atoms with E-state index in [4.69, 9.17) is 0 Å².